The molecule has 1 aromatic heterocycles. The van der Waals surface area contributed by atoms with Gasteiger partial charge in [-0.2, -0.15) is 0 Å². The molecule has 0 aliphatic rings. The maximum atomic E-state index is 12.4. The van der Waals surface area contributed by atoms with Gasteiger partial charge in [-0.3, -0.25) is 4.79 Å². The van der Waals surface area contributed by atoms with Crippen molar-refractivity contribution in [2.45, 2.75) is 13.8 Å². The molecule has 6 heteroatoms. The molecule has 0 N–H and O–H groups in total. The summed E-state index contributed by atoms with van der Waals surface area (Å²) in [4.78, 5) is 24.7. The number of esters is 1. The fourth-order valence-corrected chi connectivity index (χ4v) is 3.13. The molecule has 29 heavy (non-hydrogen) atoms. The third-order valence-electron chi connectivity index (χ3n) is 4.67. The van der Waals surface area contributed by atoms with Crippen LogP contribution >= 0.6 is 0 Å². The van der Waals surface area contributed by atoms with Crippen LogP contribution in [0.5, 0.6) is 11.5 Å². The highest BCUT2D eigenvalue weighted by Crippen LogP contribution is 2.27. The van der Waals surface area contributed by atoms with Gasteiger partial charge in [-0.1, -0.05) is 0 Å². The fourth-order valence-electron chi connectivity index (χ4n) is 3.13. The molecule has 0 saturated carbocycles. The predicted molar refractivity (Wildman–Crippen MR) is 109 cm³/mol. The Labute approximate surface area is 169 Å². The Kier molecular flexibility index (Phi) is 6.02. The summed E-state index contributed by atoms with van der Waals surface area (Å²) in [6, 6.07) is 16.0. The Bertz CT molecular complexity index is 1010. The molecule has 0 aliphatic heterocycles. The van der Waals surface area contributed by atoms with Gasteiger partial charge in [0.2, 0.25) is 0 Å². The first-order valence-electron chi connectivity index (χ1n) is 9.12. The summed E-state index contributed by atoms with van der Waals surface area (Å²) in [6.45, 7) is 3.69. The second-order valence-corrected chi connectivity index (χ2v) is 6.57. The number of carbonyl (C=O) groups is 2. The number of Topliss-reactive ketones (excluding diaryl/α,β-unsaturated/α-hetero) is 1. The molecule has 3 rings (SSSR count). The molecule has 0 fully saturated rings. The standard InChI is InChI=1S/C23H23NO5/c1-15-5-6-16(2)24(15)19-10-7-17(8-11-19)23(26)29-14-20(25)18-9-12-21(27-3)22(13-18)28-4/h5-13H,14H2,1-4H3. The van der Waals surface area contributed by atoms with Gasteiger partial charge < -0.3 is 18.8 Å². The molecule has 0 unspecified atom stereocenters. The van der Waals surface area contributed by atoms with Crippen molar-refractivity contribution < 1.29 is 23.8 Å². The molecule has 0 saturated heterocycles. The zero-order valence-electron chi connectivity index (χ0n) is 16.9. The van der Waals surface area contributed by atoms with Crippen LogP contribution in [0, 0.1) is 13.8 Å². The van der Waals surface area contributed by atoms with E-state index in [1.165, 1.54) is 14.2 Å². The van der Waals surface area contributed by atoms with E-state index in [0.717, 1.165) is 17.1 Å². The highest BCUT2D eigenvalue weighted by molar-refractivity contribution is 5.99. The Hall–Kier alpha value is -3.54. The molecule has 0 radical (unpaired) electrons. The highest BCUT2D eigenvalue weighted by atomic mass is 16.5. The first-order chi connectivity index (χ1) is 13.9. The molecule has 150 valence electrons. The molecule has 0 spiro atoms. The zero-order chi connectivity index (χ0) is 21.0. The van der Waals surface area contributed by atoms with Gasteiger partial charge in [0, 0.05) is 22.6 Å². The van der Waals surface area contributed by atoms with Gasteiger partial charge >= 0.3 is 5.97 Å². The number of ketones is 1. The van der Waals surface area contributed by atoms with Gasteiger partial charge in [0.05, 0.1) is 19.8 Å². The third kappa shape index (κ3) is 4.32. The minimum atomic E-state index is -0.550. The average molecular weight is 393 g/mol. The Morgan fingerprint density at radius 3 is 1.97 bits per heavy atom. The van der Waals surface area contributed by atoms with Crippen LogP contribution in [0.15, 0.2) is 54.6 Å². The summed E-state index contributed by atoms with van der Waals surface area (Å²) in [5.74, 6) is 0.0889. The number of aryl methyl sites for hydroxylation is 2. The average Bonchev–Trinajstić information content (AvgIpc) is 3.09. The van der Waals surface area contributed by atoms with E-state index >= 15 is 0 Å². The first kappa shape index (κ1) is 20.2. The number of carbonyl (C=O) groups excluding carboxylic acids is 2. The summed E-state index contributed by atoms with van der Waals surface area (Å²) < 4.78 is 17.6. The van der Waals surface area contributed by atoms with E-state index < -0.39 is 5.97 Å². The van der Waals surface area contributed by atoms with Crippen molar-refractivity contribution in [2.75, 3.05) is 20.8 Å². The maximum absolute atomic E-state index is 12.4. The first-order valence-corrected chi connectivity index (χ1v) is 9.12. The van der Waals surface area contributed by atoms with Crippen molar-refractivity contribution in [3.8, 4) is 17.2 Å². The monoisotopic (exact) mass is 393 g/mol. The number of aromatic nitrogens is 1. The normalized spacial score (nSPS) is 10.5. The van der Waals surface area contributed by atoms with E-state index in [1.807, 2.05) is 38.1 Å². The van der Waals surface area contributed by atoms with Gasteiger partial charge in [0.1, 0.15) is 0 Å². The van der Waals surface area contributed by atoms with Crippen LogP contribution in [0.4, 0.5) is 0 Å². The van der Waals surface area contributed by atoms with Crippen molar-refractivity contribution in [3.63, 3.8) is 0 Å². The molecule has 0 bridgehead atoms. The Balaban J connectivity index is 1.65. The van der Waals surface area contributed by atoms with E-state index in [0.29, 0.717) is 22.6 Å². The van der Waals surface area contributed by atoms with E-state index in [1.54, 1.807) is 30.3 Å². The second kappa shape index (κ2) is 8.65. The number of benzene rings is 2. The van der Waals surface area contributed by atoms with Gasteiger partial charge in [-0.25, -0.2) is 4.79 Å². The molecule has 6 nitrogen and oxygen atoms in total. The largest absolute Gasteiger partial charge is 0.493 e. The van der Waals surface area contributed by atoms with E-state index in [9.17, 15) is 9.59 Å². The molecule has 0 aliphatic carbocycles. The number of hydrogen-bond donors (Lipinski definition) is 0. The fraction of sp³-hybridized carbons (Fsp3) is 0.217. The van der Waals surface area contributed by atoms with Crippen molar-refractivity contribution in [3.05, 3.63) is 77.1 Å². The molecule has 1 heterocycles. The minimum absolute atomic E-state index is 0.325. The Morgan fingerprint density at radius 2 is 1.38 bits per heavy atom. The lowest BCUT2D eigenvalue weighted by Gasteiger charge is -2.11. The van der Waals surface area contributed by atoms with Crippen molar-refractivity contribution in [1.29, 1.82) is 0 Å². The van der Waals surface area contributed by atoms with Crippen LogP contribution in [-0.2, 0) is 4.74 Å². The minimum Gasteiger partial charge on any atom is -0.493 e. The molecular formula is C23H23NO5. The second-order valence-electron chi connectivity index (χ2n) is 6.57. The number of methoxy groups -OCH3 is 2. The quantitative estimate of drug-likeness (QED) is 0.446. The van der Waals surface area contributed by atoms with Gasteiger partial charge in [0.15, 0.2) is 23.9 Å². The van der Waals surface area contributed by atoms with Crippen LogP contribution in [-0.4, -0.2) is 37.1 Å². The molecular weight excluding hydrogens is 370 g/mol. The van der Waals surface area contributed by atoms with Crippen LogP contribution in [0.25, 0.3) is 5.69 Å². The lowest BCUT2D eigenvalue weighted by molar-refractivity contribution is 0.0474. The lowest BCUT2D eigenvalue weighted by atomic mass is 10.1. The van der Waals surface area contributed by atoms with Gasteiger partial charge in [-0.15, -0.1) is 0 Å². The van der Waals surface area contributed by atoms with E-state index in [-0.39, 0.29) is 12.4 Å². The molecule has 0 atom stereocenters. The van der Waals surface area contributed by atoms with Crippen molar-refractivity contribution >= 4 is 11.8 Å². The summed E-state index contributed by atoms with van der Waals surface area (Å²) in [6.07, 6.45) is 0. The predicted octanol–water partition coefficient (Wildman–Crippen LogP) is 4.15. The number of nitrogens with zero attached hydrogens (tertiary/aromatic N) is 1. The van der Waals surface area contributed by atoms with Crippen LogP contribution < -0.4 is 9.47 Å². The highest BCUT2D eigenvalue weighted by Gasteiger charge is 2.15. The molecule has 2 aromatic carbocycles. The SMILES string of the molecule is COc1ccc(C(=O)COC(=O)c2ccc(-n3c(C)ccc3C)cc2)cc1OC. The topological polar surface area (TPSA) is 66.8 Å². The van der Waals surface area contributed by atoms with E-state index in [4.69, 9.17) is 14.2 Å². The smallest absolute Gasteiger partial charge is 0.338 e. The van der Waals surface area contributed by atoms with E-state index in [2.05, 4.69) is 4.57 Å². The summed E-state index contributed by atoms with van der Waals surface area (Å²) in [7, 11) is 3.01. The summed E-state index contributed by atoms with van der Waals surface area (Å²) >= 11 is 0. The van der Waals surface area contributed by atoms with Gasteiger partial charge in [0.25, 0.3) is 0 Å². The number of hydrogen-bond acceptors (Lipinski definition) is 5. The number of rotatable bonds is 7. The maximum Gasteiger partial charge on any atom is 0.338 e. The zero-order valence-corrected chi connectivity index (χ0v) is 16.9. The van der Waals surface area contributed by atoms with Crippen molar-refractivity contribution in [2.24, 2.45) is 0 Å². The van der Waals surface area contributed by atoms with Gasteiger partial charge in [-0.05, 0) is 68.4 Å². The Morgan fingerprint density at radius 1 is 0.793 bits per heavy atom. The van der Waals surface area contributed by atoms with Crippen LogP contribution in [0.2, 0.25) is 0 Å². The molecule has 3 aromatic rings. The van der Waals surface area contributed by atoms with Crippen molar-refractivity contribution in [1.82, 2.24) is 4.57 Å². The lowest BCUT2D eigenvalue weighted by Crippen LogP contribution is -2.14. The van der Waals surface area contributed by atoms with Crippen LogP contribution in [0.3, 0.4) is 0 Å². The summed E-state index contributed by atoms with van der Waals surface area (Å²) in [5.41, 5.74) is 3.94. The molecule has 0 amide bonds. The number of ether oxygens (including phenoxy) is 3. The third-order valence-corrected chi connectivity index (χ3v) is 4.67. The van der Waals surface area contributed by atoms with Crippen LogP contribution in [0.1, 0.15) is 32.1 Å². The summed E-state index contributed by atoms with van der Waals surface area (Å²) in [5, 5.41) is 0.